The van der Waals surface area contributed by atoms with E-state index >= 15 is 0 Å². The lowest BCUT2D eigenvalue weighted by molar-refractivity contribution is -0.123. The van der Waals surface area contributed by atoms with Crippen LogP contribution < -0.4 is 10.5 Å². The van der Waals surface area contributed by atoms with Crippen LogP contribution in [0.25, 0.3) is 10.8 Å². The molecule has 2 N–H and O–H groups in total. The Morgan fingerprint density at radius 3 is 2.35 bits per heavy atom. The number of rotatable bonds is 4. The molecule has 1 amide bonds. The van der Waals surface area contributed by atoms with Crippen LogP contribution in [0.15, 0.2) is 41.3 Å². The third kappa shape index (κ3) is 2.86. The molecule has 0 spiro atoms. The molecule has 0 aliphatic carbocycles. The number of fused-ring (bicyclic) bond motifs is 1. The maximum Gasteiger partial charge on any atom is 0.261 e. The summed E-state index contributed by atoms with van der Waals surface area (Å²) in [6.45, 7) is 1.52. The van der Waals surface area contributed by atoms with Gasteiger partial charge in [-0.2, -0.15) is 0 Å². The average molecular weight is 314 g/mol. The van der Waals surface area contributed by atoms with Crippen LogP contribution in [0.3, 0.4) is 0 Å². The molecule has 0 heterocycles. The molecule has 1 unspecified atom stereocenters. The number of hydrogen-bond acceptors (Lipinski definition) is 4. The highest BCUT2D eigenvalue weighted by Gasteiger charge is 2.18. The zero-order valence-electron chi connectivity index (χ0n) is 10.5. The van der Waals surface area contributed by atoms with Crippen molar-refractivity contribution in [1.29, 1.82) is 0 Å². The first-order chi connectivity index (χ1) is 9.30. The molecule has 0 fully saturated rings. The van der Waals surface area contributed by atoms with Gasteiger partial charge >= 0.3 is 0 Å². The van der Waals surface area contributed by atoms with E-state index in [4.69, 9.17) is 21.2 Å². The van der Waals surface area contributed by atoms with Crippen molar-refractivity contribution in [3.63, 3.8) is 0 Å². The van der Waals surface area contributed by atoms with E-state index in [-0.39, 0.29) is 4.90 Å². The maximum atomic E-state index is 11.5. The molecule has 2 rings (SSSR count). The van der Waals surface area contributed by atoms with E-state index < -0.39 is 21.1 Å². The van der Waals surface area contributed by atoms with Crippen LogP contribution in [0, 0.1) is 0 Å². The molecule has 0 saturated heterocycles. The predicted octanol–water partition coefficient (Wildman–Crippen LogP) is 2.02. The molecular formula is C13H12ClNO4S. The molecule has 0 bridgehead atoms. The van der Waals surface area contributed by atoms with Crippen LogP contribution in [-0.4, -0.2) is 20.4 Å². The molecule has 20 heavy (non-hydrogen) atoms. The molecule has 2 aromatic rings. The molecule has 0 aromatic heterocycles. The van der Waals surface area contributed by atoms with Crippen LogP contribution in [0.4, 0.5) is 0 Å². The third-order valence-electron chi connectivity index (χ3n) is 2.81. The fraction of sp³-hybridized carbons (Fsp3) is 0.154. The van der Waals surface area contributed by atoms with Gasteiger partial charge in [-0.3, -0.25) is 4.79 Å². The molecule has 0 aliphatic heterocycles. The fourth-order valence-electron chi connectivity index (χ4n) is 1.81. The van der Waals surface area contributed by atoms with Crippen LogP contribution in [0.5, 0.6) is 5.75 Å². The highest BCUT2D eigenvalue weighted by molar-refractivity contribution is 8.14. The van der Waals surface area contributed by atoms with Gasteiger partial charge in [0, 0.05) is 21.5 Å². The number of halogens is 1. The summed E-state index contributed by atoms with van der Waals surface area (Å²) in [5.41, 5.74) is 5.15. The van der Waals surface area contributed by atoms with Crippen LogP contribution in [0.2, 0.25) is 0 Å². The summed E-state index contributed by atoms with van der Waals surface area (Å²) < 4.78 is 28.5. The van der Waals surface area contributed by atoms with E-state index in [2.05, 4.69) is 0 Å². The lowest BCUT2D eigenvalue weighted by Crippen LogP contribution is -2.30. The van der Waals surface area contributed by atoms with E-state index in [9.17, 15) is 13.2 Å². The number of ether oxygens (including phenoxy) is 1. The maximum absolute atomic E-state index is 11.5. The molecule has 0 saturated carbocycles. The second-order valence-corrected chi connectivity index (χ2v) is 6.74. The van der Waals surface area contributed by atoms with Crippen molar-refractivity contribution >= 4 is 36.4 Å². The first-order valence-corrected chi connectivity index (χ1v) is 8.04. The third-order valence-corrected chi connectivity index (χ3v) is 4.19. The molecule has 0 aliphatic rings. The Hall–Kier alpha value is -1.79. The molecule has 7 heteroatoms. The van der Waals surface area contributed by atoms with Crippen molar-refractivity contribution in [2.45, 2.75) is 17.9 Å². The van der Waals surface area contributed by atoms with Gasteiger partial charge in [-0.1, -0.05) is 24.3 Å². The van der Waals surface area contributed by atoms with Crippen molar-refractivity contribution in [2.75, 3.05) is 0 Å². The lowest BCUT2D eigenvalue weighted by Gasteiger charge is -2.14. The summed E-state index contributed by atoms with van der Waals surface area (Å²) in [7, 11) is 1.54. The first-order valence-electron chi connectivity index (χ1n) is 5.73. The average Bonchev–Trinajstić information content (AvgIpc) is 2.37. The van der Waals surface area contributed by atoms with Crippen molar-refractivity contribution in [1.82, 2.24) is 0 Å². The molecule has 0 radical (unpaired) electrons. The first kappa shape index (κ1) is 14.6. The van der Waals surface area contributed by atoms with Gasteiger partial charge in [-0.25, -0.2) is 8.42 Å². The lowest BCUT2D eigenvalue weighted by atomic mass is 10.1. The summed E-state index contributed by atoms with van der Waals surface area (Å²) in [4.78, 5) is 11.0. The van der Waals surface area contributed by atoms with Gasteiger partial charge in [0.2, 0.25) is 0 Å². The second kappa shape index (κ2) is 5.30. The minimum Gasteiger partial charge on any atom is -0.480 e. The number of carbonyl (C=O) groups is 1. The minimum atomic E-state index is -3.87. The summed E-state index contributed by atoms with van der Waals surface area (Å²) in [6, 6.07) is 9.52. The topological polar surface area (TPSA) is 86.5 Å². The molecule has 5 nitrogen and oxygen atoms in total. The normalized spacial score (nSPS) is 13.1. The summed E-state index contributed by atoms with van der Waals surface area (Å²) in [5.74, 6) is -0.237. The Bertz CT molecular complexity index is 773. The highest BCUT2D eigenvalue weighted by atomic mass is 35.7. The van der Waals surface area contributed by atoms with Crippen molar-refractivity contribution in [2.24, 2.45) is 5.73 Å². The second-order valence-electron chi connectivity index (χ2n) is 4.21. The Morgan fingerprint density at radius 1 is 1.20 bits per heavy atom. The number of hydrogen-bond donors (Lipinski definition) is 1. The minimum absolute atomic E-state index is 0.00570. The Labute approximate surface area is 120 Å². The monoisotopic (exact) mass is 313 g/mol. The van der Waals surface area contributed by atoms with Crippen LogP contribution in [-0.2, 0) is 13.8 Å². The van der Waals surface area contributed by atoms with Crippen molar-refractivity contribution < 1.29 is 17.9 Å². The number of benzene rings is 2. The number of nitrogens with two attached hydrogens (primary N) is 1. The number of carbonyl (C=O) groups excluding carboxylic acids is 1. The van der Waals surface area contributed by atoms with E-state index in [1.807, 2.05) is 0 Å². The van der Waals surface area contributed by atoms with Crippen molar-refractivity contribution in [3.05, 3.63) is 36.4 Å². The van der Waals surface area contributed by atoms with Gasteiger partial charge in [0.25, 0.3) is 15.0 Å². The van der Waals surface area contributed by atoms with Gasteiger partial charge in [-0.15, -0.1) is 0 Å². The zero-order chi connectivity index (χ0) is 14.9. The van der Waals surface area contributed by atoms with Gasteiger partial charge in [0.05, 0.1) is 4.90 Å². The summed E-state index contributed by atoms with van der Waals surface area (Å²) >= 11 is 0. The molecule has 1 atom stereocenters. The predicted molar refractivity (Wildman–Crippen MR) is 76.3 cm³/mol. The van der Waals surface area contributed by atoms with E-state index in [1.165, 1.54) is 19.1 Å². The smallest absolute Gasteiger partial charge is 0.261 e. The SMILES string of the molecule is CC(Oc1ccc(S(=O)(=O)Cl)c2ccccc12)C(N)=O. The van der Waals surface area contributed by atoms with E-state index in [0.29, 0.717) is 16.5 Å². The Morgan fingerprint density at radius 2 is 1.80 bits per heavy atom. The number of amides is 1. The molecule has 106 valence electrons. The largest absolute Gasteiger partial charge is 0.480 e. The standard InChI is InChI=1S/C13H12ClNO4S/c1-8(13(15)16)19-11-6-7-12(20(14,17)18)10-5-3-2-4-9(10)11/h2-8H,1H3,(H2,15,16). The molecular weight excluding hydrogens is 302 g/mol. The van der Waals surface area contributed by atoms with Crippen LogP contribution >= 0.6 is 10.7 Å². The molecule has 2 aromatic carbocycles. The van der Waals surface area contributed by atoms with Gasteiger partial charge in [-0.05, 0) is 19.1 Å². The Kier molecular flexibility index (Phi) is 3.87. The quantitative estimate of drug-likeness (QED) is 0.875. The zero-order valence-corrected chi connectivity index (χ0v) is 12.1. The van der Waals surface area contributed by atoms with Crippen LogP contribution in [0.1, 0.15) is 6.92 Å². The summed E-state index contributed by atoms with van der Waals surface area (Å²) in [5, 5.41) is 0.971. The highest BCUT2D eigenvalue weighted by Crippen LogP contribution is 2.32. The van der Waals surface area contributed by atoms with E-state index in [1.54, 1.807) is 24.3 Å². The summed E-state index contributed by atoms with van der Waals surface area (Å²) in [6.07, 6.45) is -0.822. The van der Waals surface area contributed by atoms with Gasteiger partial charge in [0.1, 0.15) is 5.75 Å². The van der Waals surface area contributed by atoms with Gasteiger partial charge in [0.15, 0.2) is 6.10 Å². The number of primary amides is 1. The van der Waals surface area contributed by atoms with E-state index in [0.717, 1.165) is 0 Å². The fourth-order valence-corrected chi connectivity index (χ4v) is 2.88. The Balaban J connectivity index is 2.63. The van der Waals surface area contributed by atoms with Gasteiger partial charge < -0.3 is 10.5 Å². The van der Waals surface area contributed by atoms with Crippen molar-refractivity contribution in [3.8, 4) is 5.75 Å².